The molecule has 8 heteroatoms. The number of nitrogens with zero attached hydrogens (tertiary/aromatic N) is 1. The molecule has 0 N–H and O–H groups in total. The van der Waals surface area contributed by atoms with Crippen LogP contribution in [0.5, 0.6) is 0 Å². The molecule has 4 rings (SSSR count). The van der Waals surface area contributed by atoms with E-state index in [4.69, 9.17) is 11.6 Å². The summed E-state index contributed by atoms with van der Waals surface area (Å²) in [4.78, 5) is 27.0. The van der Waals surface area contributed by atoms with Gasteiger partial charge in [-0.1, -0.05) is 23.7 Å². The lowest BCUT2D eigenvalue weighted by Crippen LogP contribution is -2.41. The fourth-order valence-electron chi connectivity index (χ4n) is 4.20. The SMILES string of the molecule is O=C1CCCC2=C1C(c1c(F)cccc1Cl)CC(=O)N2c1cccc(C(F)(F)F)c1. The number of halogens is 5. The molecule has 0 saturated carbocycles. The van der Waals surface area contributed by atoms with Gasteiger partial charge in [0.05, 0.1) is 5.56 Å². The molecule has 2 aromatic rings. The molecule has 1 heterocycles. The third-order valence-electron chi connectivity index (χ3n) is 5.46. The van der Waals surface area contributed by atoms with Crippen LogP contribution in [0.3, 0.4) is 0 Å². The van der Waals surface area contributed by atoms with E-state index in [1.807, 2.05) is 0 Å². The first-order valence-corrected chi connectivity index (χ1v) is 9.76. The fourth-order valence-corrected chi connectivity index (χ4v) is 4.50. The number of allylic oxidation sites excluding steroid dienone is 2. The van der Waals surface area contributed by atoms with Crippen molar-refractivity contribution in [3.05, 3.63) is 75.7 Å². The zero-order valence-electron chi connectivity index (χ0n) is 15.6. The quantitative estimate of drug-likeness (QED) is 0.538. The molecule has 3 nitrogen and oxygen atoms in total. The Kier molecular flexibility index (Phi) is 5.18. The topological polar surface area (TPSA) is 37.4 Å². The third-order valence-corrected chi connectivity index (χ3v) is 5.78. The van der Waals surface area contributed by atoms with Crippen LogP contribution in [-0.2, 0) is 15.8 Å². The number of hydrogen-bond acceptors (Lipinski definition) is 2. The van der Waals surface area contributed by atoms with Crippen LogP contribution >= 0.6 is 11.6 Å². The number of Topliss-reactive ketones (excluding diaryl/α,β-unsaturated/α-hetero) is 1. The maximum Gasteiger partial charge on any atom is 0.416 e. The summed E-state index contributed by atoms with van der Waals surface area (Å²) in [7, 11) is 0. The number of alkyl halides is 3. The summed E-state index contributed by atoms with van der Waals surface area (Å²) in [5.41, 5.74) is -0.207. The van der Waals surface area contributed by atoms with E-state index >= 15 is 0 Å². The highest BCUT2D eigenvalue weighted by molar-refractivity contribution is 6.31. The first kappa shape index (κ1) is 20.6. The summed E-state index contributed by atoms with van der Waals surface area (Å²) in [6.45, 7) is 0. The number of amides is 1. The molecule has 1 aliphatic heterocycles. The van der Waals surface area contributed by atoms with Gasteiger partial charge in [0.2, 0.25) is 5.91 Å². The second-order valence-corrected chi connectivity index (χ2v) is 7.71. The van der Waals surface area contributed by atoms with Crippen molar-refractivity contribution in [1.29, 1.82) is 0 Å². The van der Waals surface area contributed by atoms with Gasteiger partial charge in [-0.15, -0.1) is 0 Å². The molecule has 1 unspecified atom stereocenters. The number of anilines is 1. The molecule has 0 aromatic heterocycles. The molecule has 0 radical (unpaired) electrons. The number of rotatable bonds is 2. The minimum Gasteiger partial charge on any atom is -0.294 e. The Balaban J connectivity index is 1.89. The standard InChI is InChI=1S/C22H16ClF4NO2/c23-15-6-2-7-16(24)20(15)14-11-19(30)28(17-8-3-9-18(29)21(14)17)13-5-1-4-12(10-13)22(25,26)27/h1-2,4-7,10,14H,3,8-9,11H2. The van der Waals surface area contributed by atoms with Gasteiger partial charge in [-0.2, -0.15) is 13.2 Å². The van der Waals surface area contributed by atoms with Crippen molar-refractivity contribution in [2.24, 2.45) is 0 Å². The monoisotopic (exact) mass is 437 g/mol. The van der Waals surface area contributed by atoms with E-state index in [1.165, 1.54) is 35.2 Å². The van der Waals surface area contributed by atoms with Crippen molar-refractivity contribution >= 4 is 29.0 Å². The Hall–Kier alpha value is -2.67. The molecule has 2 aliphatic rings. The lowest BCUT2D eigenvalue weighted by atomic mass is 9.77. The fraction of sp³-hybridized carbons (Fsp3) is 0.273. The zero-order chi connectivity index (χ0) is 21.6. The molecule has 1 amide bonds. The van der Waals surface area contributed by atoms with Gasteiger partial charge in [0, 0.05) is 46.3 Å². The second-order valence-electron chi connectivity index (χ2n) is 7.31. The predicted octanol–water partition coefficient (Wildman–Crippen LogP) is 6.03. The van der Waals surface area contributed by atoms with E-state index in [0.29, 0.717) is 18.5 Å². The highest BCUT2D eigenvalue weighted by atomic mass is 35.5. The van der Waals surface area contributed by atoms with Crippen LogP contribution in [0, 0.1) is 5.82 Å². The van der Waals surface area contributed by atoms with Crippen LogP contribution in [0.25, 0.3) is 0 Å². The number of benzene rings is 2. The molecule has 0 fully saturated rings. The minimum atomic E-state index is -4.57. The van der Waals surface area contributed by atoms with Crippen molar-refractivity contribution in [3.8, 4) is 0 Å². The lowest BCUT2D eigenvalue weighted by molar-refractivity contribution is -0.137. The molecule has 156 valence electrons. The molecule has 1 aliphatic carbocycles. The summed E-state index contributed by atoms with van der Waals surface area (Å²) in [6.07, 6.45) is -3.82. The smallest absolute Gasteiger partial charge is 0.294 e. The molecule has 0 saturated heterocycles. The predicted molar refractivity (Wildman–Crippen MR) is 104 cm³/mol. The molecular weight excluding hydrogens is 422 g/mol. The average Bonchev–Trinajstić information content (AvgIpc) is 2.67. The zero-order valence-corrected chi connectivity index (χ0v) is 16.4. The second kappa shape index (κ2) is 7.54. The van der Waals surface area contributed by atoms with Crippen LogP contribution in [-0.4, -0.2) is 11.7 Å². The number of ketones is 1. The summed E-state index contributed by atoms with van der Waals surface area (Å²) in [5, 5.41) is 0.102. The number of carbonyl (C=O) groups excluding carboxylic acids is 2. The van der Waals surface area contributed by atoms with Crippen LogP contribution in [0.4, 0.5) is 23.2 Å². The Morgan fingerprint density at radius 1 is 1.03 bits per heavy atom. The van der Waals surface area contributed by atoms with Crippen molar-refractivity contribution in [1.82, 2.24) is 0 Å². The molecule has 30 heavy (non-hydrogen) atoms. The molecule has 2 aromatic carbocycles. The maximum atomic E-state index is 14.6. The summed E-state index contributed by atoms with van der Waals surface area (Å²) in [5.74, 6) is -2.24. The average molecular weight is 438 g/mol. The molecule has 0 bridgehead atoms. The van der Waals surface area contributed by atoms with Crippen LogP contribution in [0.15, 0.2) is 53.7 Å². The van der Waals surface area contributed by atoms with Crippen molar-refractivity contribution in [2.45, 2.75) is 37.8 Å². The Labute approximate surface area is 174 Å². The van der Waals surface area contributed by atoms with Gasteiger partial charge in [-0.05, 0) is 43.2 Å². The minimum absolute atomic E-state index is 0.0371. The first-order chi connectivity index (χ1) is 14.2. The van der Waals surface area contributed by atoms with Gasteiger partial charge in [-0.3, -0.25) is 14.5 Å². The van der Waals surface area contributed by atoms with Crippen molar-refractivity contribution < 1.29 is 27.2 Å². The maximum absolute atomic E-state index is 14.6. The van der Waals surface area contributed by atoms with Gasteiger partial charge in [0.25, 0.3) is 0 Å². The van der Waals surface area contributed by atoms with Crippen LogP contribution < -0.4 is 4.90 Å². The van der Waals surface area contributed by atoms with Gasteiger partial charge < -0.3 is 0 Å². The van der Waals surface area contributed by atoms with E-state index in [1.54, 1.807) is 0 Å². The van der Waals surface area contributed by atoms with Crippen molar-refractivity contribution in [3.63, 3.8) is 0 Å². The third kappa shape index (κ3) is 3.51. The molecule has 1 atom stereocenters. The summed E-state index contributed by atoms with van der Waals surface area (Å²) >= 11 is 6.19. The lowest BCUT2D eigenvalue weighted by Gasteiger charge is -2.38. The van der Waals surface area contributed by atoms with Crippen molar-refractivity contribution in [2.75, 3.05) is 4.90 Å². The normalized spacial score (nSPS) is 19.9. The summed E-state index contributed by atoms with van der Waals surface area (Å²) < 4.78 is 54.1. The Morgan fingerprint density at radius 2 is 1.77 bits per heavy atom. The molecule has 0 spiro atoms. The van der Waals surface area contributed by atoms with Gasteiger partial charge >= 0.3 is 6.18 Å². The van der Waals surface area contributed by atoms with Gasteiger partial charge in [0.15, 0.2) is 5.78 Å². The largest absolute Gasteiger partial charge is 0.416 e. The van der Waals surface area contributed by atoms with Crippen LogP contribution in [0.1, 0.15) is 42.7 Å². The number of hydrogen-bond donors (Lipinski definition) is 0. The van der Waals surface area contributed by atoms with E-state index in [-0.39, 0.29) is 40.5 Å². The highest BCUT2D eigenvalue weighted by Crippen LogP contribution is 2.46. The van der Waals surface area contributed by atoms with Gasteiger partial charge in [0.1, 0.15) is 5.82 Å². The molecular formula is C22H16ClF4NO2. The van der Waals surface area contributed by atoms with E-state index in [0.717, 1.165) is 12.1 Å². The highest BCUT2D eigenvalue weighted by Gasteiger charge is 2.42. The summed E-state index contributed by atoms with van der Waals surface area (Å²) in [6, 6.07) is 8.54. The number of carbonyl (C=O) groups is 2. The van der Waals surface area contributed by atoms with Gasteiger partial charge in [-0.25, -0.2) is 4.39 Å². The van der Waals surface area contributed by atoms with E-state index in [9.17, 15) is 27.2 Å². The Morgan fingerprint density at radius 3 is 2.47 bits per heavy atom. The van der Waals surface area contributed by atoms with Crippen LogP contribution in [0.2, 0.25) is 5.02 Å². The first-order valence-electron chi connectivity index (χ1n) is 9.39. The van der Waals surface area contributed by atoms with E-state index < -0.39 is 29.4 Å². The van der Waals surface area contributed by atoms with E-state index in [2.05, 4.69) is 0 Å². The Bertz CT molecular complexity index is 1060.